The number of hydrogen-bond acceptors (Lipinski definition) is 7. The molecule has 0 spiro atoms. The van der Waals surface area contributed by atoms with Gasteiger partial charge >= 0.3 is 0 Å². The van der Waals surface area contributed by atoms with Crippen molar-refractivity contribution >= 4 is 21.4 Å². The first kappa shape index (κ1) is 21.0. The molecule has 2 aromatic carbocycles. The van der Waals surface area contributed by atoms with E-state index in [0.29, 0.717) is 19.8 Å². The number of rotatable bonds is 7. The van der Waals surface area contributed by atoms with E-state index in [4.69, 9.17) is 4.74 Å². The second-order valence-corrected chi connectivity index (χ2v) is 8.86. The summed E-state index contributed by atoms with van der Waals surface area (Å²) in [6, 6.07) is 13.4. The Morgan fingerprint density at radius 1 is 1.13 bits per heavy atom. The number of sulfonamides is 1. The maximum absolute atomic E-state index is 12.8. The van der Waals surface area contributed by atoms with Gasteiger partial charge < -0.3 is 10.1 Å². The summed E-state index contributed by atoms with van der Waals surface area (Å²) >= 11 is 0. The number of morpholine rings is 1. The topological polar surface area (TPSA) is 120 Å². The zero-order valence-electron chi connectivity index (χ0n) is 16.5. The fourth-order valence-corrected chi connectivity index (χ4v) is 4.72. The molecule has 0 amide bonds. The average Bonchev–Trinajstić information content (AvgIpc) is 3.33. The van der Waals surface area contributed by atoms with Crippen molar-refractivity contribution in [2.45, 2.75) is 11.4 Å². The maximum atomic E-state index is 12.8. The van der Waals surface area contributed by atoms with Gasteiger partial charge in [-0.25, -0.2) is 13.1 Å². The van der Waals surface area contributed by atoms with Crippen molar-refractivity contribution in [2.24, 2.45) is 0 Å². The molecule has 1 aromatic heterocycles. The lowest BCUT2D eigenvalue weighted by atomic mass is 10.2. The van der Waals surface area contributed by atoms with Gasteiger partial charge in [0.05, 0.1) is 28.7 Å². The van der Waals surface area contributed by atoms with E-state index in [9.17, 15) is 18.5 Å². The molecule has 1 fully saturated rings. The van der Waals surface area contributed by atoms with Crippen LogP contribution in [-0.2, 0) is 21.3 Å². The maximum Gasteiger partial charge on any atom is 0.293 e. The highest BCUT2D eigenvalue weighted by atomic mass is 32.2. The molecule has 2 heterocycles. The van der Waals surface area contributed by atoms with Crippen LogP contribution >= 0.6 is 0 Å². The van der Waals surface area contributed by atoms with Crippen LogP contribution in [0.15, 0.2) is 65.8 Å². The smallest absolute Gasteiger partial charge is 0.293 e. The van der Waals surface area contributed by atoms with Crippen LogP contribution in [0.1, 0.15) is 5.56 Å². The number of aromatic nitrogens is 2. The van der Waals surface area contributed by atoms with E-state index in [1.54, 1.807) is 10.9 Å². The summed E-state index contributed by atoms with van der Waals surface area (Å²) in [4.78, 5) is 10.9. The van der Waals surface area contributed by atoms with Gasteiger partial charge in [0.25, 0.3) is 5.69 Å². The lowest BCUT2D eigenvalue weighted by Gasteiger charge is -2.26. The largest absolute Gasteiger partial charge is 0.379 e. The number of nitrogens with zero attached hydrogens (tertiary/aromatic N) is 4. The molecule has 162 valence electrons. The molecule has 0 saturated carbocycles. The van der Waals surface area contributed by atoms with Crippen LogP contribution in [0.3, 0.4) is 0 Å². The van der Waals surface area contributed by atoms with Crippen LogP contribution in [-0.4, -0.2) is 53.7 Å². The van der Waals surface area contributed by atoms with E-state index < -0.39 is 14.9 Å². The Labute approximate surface area is 179 Å². The highest BCUT2D eigenvalue weighted by Crippen LogP contribution is 2.29. The number of ether oxygens (including phenoxy) is 1. The quantitative estimate of drug-likeness (QED) is 0.440. The number of benzene rings is 2. The van der Waals surface area contributed by atoms with Crippen LogP contribution in [0.2, 0.25) is 0 Å². The van der Waals surface area contributed by atoms with Crippen molar-refractivity contribution in [1.82, 2.24) is 14.1 Å². The van der Waals surface area contributed by atoms with E-state index in [2.05, 4.69) is 10.4 Å². The molecule has 31 heavy (non-hydrogen) atoms. The van der Waals surface area contributed by atoms with Crippen LogP contribution in [0.25, 0.3) is 5.69 Å². The highest BCUT2D eigenvalue weighted by Gasteiger charge is 2.28. The summed E-state index contributed by atoms with van der Waals surface area (Å²) in [5.74, 6) is 0. The molecule has 3 aromatic rings. The molecule has 10 nitrogen and oxygen atoms in total. The fourth-order valence-electron chi connectivity index (χ4n) is 3.29. The predicted octanol–water partition coefficient (Wildman–Crippen LogP) is 2.41. The second kappa shape index (κ2) is 8.84. The molecule has 1 aliphatic rings. The summed E-state index contributed by atoms with van der Waals surface area (Å²) in [5.41, 5.74) is 1.78. The van der Waals surface area contributed by atoms with E-state index in [0.717, 1.165) is 17.3 Å². The molecule has 4 rings (SSSR count). The Balaban J connectivity index is 1.51. The lowest BCUT2D eigenvalue weighted by molar-refractivity contribution is -0.384. The summed E-state index contributed by atoms with van der Waals surface area (Å²) in [5, 5.41) is 18.8. The Morgan fingerprint density at radius 3 is 2.52 bits per heavy atom. The van der Waals surface area contributed by atoms with Crippen molar-refractivity contribution in [3.63, 3.8) is 0 Å². The van der Waals surface area contributed by atoms with E-state index >= 15 is 0 Å². The lowest BCUT2D eigenvalue weighted by Crippen LogP contribution is -2.40. The first-order valence-corrected chi connectivity index (χ1v) is 11.1. The zero-order valence-corrected chi connectivity index (χ0v) is 17.4. The summed E-state index contributed by atoms with van der Waals surface area (Å²) in [7, 11) is -3.82. The number of nitrogens with one attached hydrogen (secondary N) is 1. The summed E-state index contributed by atoms with van der Waals surface area (Å²) in [6.45, 7) is 1.41. The molecule has 0 atom stereocenters. The molecule has 0 radical (unpaired) electrons. The monoisotopic (exact) mass is 443 g/mol. The molecular formula is C20H21N5O5S. The third-order valence-electron chi connectivity index (χ3n) is 4.96. The van der Waals surface area contributed by atoms with Crippen LogP contribution in [0.4, 0.5) is 11.4 Å². The van der Waals surface area contributed by atoms with Crippen molar-refractivity contribution in [3.8, 4) is 5.69 Å². The third-order valence-corrected chi connectivity index (χ3v) is 6.86. The van der Waals surface area contributed by atoms with Gasteiger partial charge in [-0.2, -0.15) is 9.40 Å². The molecule has 0 unspecified atom stereocenters. The number of anilines is 1. The molecule has 1 aliphatic heterocycles. The van der Waals surface area contributed by atoms with Crippen LogP contribution < -0.4 is 5.32 Å². The second-order valence-electron chi connectivity index (χ2n) is 6.92. The van der Waals surface area contributed by atoms with Crippen molar-refractivity contribution in [2.75, 3.05) is 31.6 Å². The minimum absolute atomic E-state index is 0.102. The Morgan fingerprint density at radius 2 is 1.87 bits per heavy atom. The zero-order chi connectivity index (χ0) is 21.8. The molecule has 11 heteroatoms. The van der Waals surface area contributed by atoms with E-state index in [-0.39, 0.29) is 29.4 Å². The van der Waals surface area contributed by atoms with Gasteiger partial charge in [-0.05, 0) is 35.9 Å². The summed E-state index contributed by atoms with van der Waals surface area (Å²) < 4.78 is 33.8. The van der Waals surface area contributed by atoms with Gasteiger partial charge in [0, 0.05) is 38.1 Å². The molecule has 1 N–H and O–H groups in total. The molecule has 1 saturated heterocycles. The molecular weight excluding hydrogens is 422 g/mol. The highest BCUT2D eigenvalue weighted by molar-refractivity contribution is 7.89. The van der Waals surface area contributed by atoms with Gasteiger partial charge in [0.1, 0.15) is 5.69 Å². The van der Waals surface area contributed by atoms with Gasteiger partial charge in [-0.15, -0.1) is 0 Å². The number of hydrogen-bond donors (Lipinski definition) is 1. The Bertz CT molecular complexity index is 1160. The number of nitro groups is 1. The first-order chi connectivity index (χ1) is 14.9. The first-order valence-electron chi connectivity index (χ1n) is 9.64. The fraction of sp³-hybridized carbons (Fsp3) is 0.250. The van der Waals surface area contributed by atoms with Crippen LogP contribution in [0.5, 0.6) is 0 Å². The predicted molar refractivity (Wildman–Crippen MR) is 114 cm³/mol. The SMILES string of the molecule is O=[N+]([O-])c1cc(S(=O)(=O)N2CCOCC2)ccc1NCc1ccc(-n2cccn2)cc1. The summed E-state index contributed by atoms with van der Waals surface area (Å²) in [6.07, 6.45) is 3.53. The standard InChI is InChI=1S/C20H21N5O5S/c26-25(27)20-14-18(31(28,29)23-10-12-30-13-11-23)6-7-19(20)21-15-16-2-4-17(5-3-16)24-9-1-8-22-24/h1-9,14,21H,10-13,15H2. The van der Waals surface area contributed by atoms with Gasteiger partial charge in [0.15, 0.2) is 0 Å². The van der Waals surface area contributed by atoms with Crippen molar-refractivity contribution in [1.29, 1.82) is 0 Å². The Kier molecular flexibility index (Phi) is 5.98. The molecule has 0 aliphatic carbocycles. The third kappa shape index (κ3) is 4.58. The van der Waals surface area contributed by atoms with Crippen LogP contribution in [0, 0.1) is 10.1 Å². The minimum Gasteiger partial charge on any atom is -0.379 e. The van der Waals surface area contributed by atoms with Gasteiger partial charge in [-0.3, -0.25) is 10.1 Å². The molecule has 0 bridgehead atoms. The van der Waals surface area contributed by atoms with Crippen molar-refractivity contribution < 1.29 is 18.1 Å². The van der Waals surface area contributed by atoms with E-state index in [1.807, 2.05) is 36.5 Å². The average molecular weight is 443 g/mol. The number of nitro benzene ring substituents is 1. The van der Waals surface area contributed by atoms with E-state index in [1.165, 1.54) is 16.4 Å². The van der Waals surface area contributed by atoms with Crippen molar-refractivity contribution in [3.05, 3.63) is 76.6 Å². The minimum atomic E-state index is -3.82. The van der Waals surface area contributed by atoms with Gasteiger partial charge in [0.2, 0.25) is 10.0 Å². The Hall–Kier alpha value is -3.28. The van der Waals surface area contributed by atoms with Gasteiger partial charge in [-0.1, -0.05) is 12.1 Å². The normalized spacial score (nSPS) is 15.0.